The maximum absolute atomic E-state index is 0. The van der Waals surface area contributed by atoms with Gasteiger partial charge in [0.15, 0.2) is 0 Å². The predicted octanol–water partition coefficient (Wildman–Crippen LogP) is -4.13. The monoisotopic (exact) mass is 271 g/mol. The Morgan fingerprint density at radius 3 is 0.333 bits per heavy atom. The van der Waals surface area contributed by atoms with E-state index in [1.807, 2.05) is 0 Å². The van der Waals surface area contributed by atoms with E-state index in [4.69, 9.17) is 0 Å². The Morgan fingerprint density at radius 2 is 0.333 bits per heavy atom. The van der Waals surface area contributed by atoms with Crippen LogP contribution < -0.4 is 0 Å². The van der Waals surface area contributed by atoms with Crippen LogP contribution in [0.1, 0.15) is 0 Å². The van der Waals surface area contributed by atoms with Crippen LogP contribution in [0.2, 0.25) is 0 Å². The van der Waals surface area contributed by atoms with E-state index in [1.54, 1.807) is 0 Å². The largest absolute Gasteiger partial charge is 0.412 e. The third kappa shape index (κ3) is 195. The van der Waals surface area contributed by atoms with E-state index in [-0.39, 0.29) is 49.8 Å². The van der Waals surface area contributed by atoms with Crippen LogP contribution in [-0.2, 0) is 22.4 Å². The minimum absolute atomic E-state index is 0. The van der Waals surface area contributed by atoms with Crippen LogP contribution in [0.3, 0.4) is 0 Å². The van der Waals surface area contributed by atoms with Gasteiger partial charge in [0.05, 0.1) is 0 Å². The van der Waals surface area contributed by atoms with Crippen molar-refractivity contribution >= 4 is 0 Å². The molecule has 0 fully saturated rings. The Kier molecular flexibility index (Phi) is 44900. The quantitative estimate of drug-likeness (QED) is 0.419. The average Bonchev–Trinajstić information content (AvgIpc) is 0. The second-order valence-corrected chi connectivity index (χ2v) is 0. The molecule has 0 spiro atoms. The van der Waals surface area contributed by atoms with Crippen LogP contribution in [0.4, 0.5) is 0 Å². The summed E-state index contributed by atoms with van der Waals surface area (Å²) < 4.78 is 0. The maximum Gasteiger partial charge on any atom is 0 e. The third-order valence-corrected chi connectivity index (χ3v) is 0. The van der Waals surface area contributed by atoms with Gasteiger partial charge in [-0.3, -0.25) is 0 Å². The minimum Gasteiger partial charge on any atom is -0.412 e. The van der Waals surface area contributed by atoms with Gasteiger partial charge in [0, 0.05) is 22.4 Å². The SMILES string of the molecule is O.O.O.O.O.[Ta]. The van der Waals surface area contributed by atoms with Crippen molar-refractivity contribution in [1.29, 1.82) is 0 Å². The molecule has 1 radical (unpaired) electrons. The molecule has 10 N–H and O–H groups in total. The molecular weight excluding hydrogens is 261 g/mol. The molecule has 0 rings (SSSR count). The van der Waals surface area contributed by atoms with E-state index in [0.717, 1.165) is 0 Å². The Bertz CT molecular complexity index is 3.90. The number of rotatable bonds is 0. The first-order valence-electron chi connectivity index (χ1n) is 0. The molecule has 0 bridgehead atoms. The first-order chi connectivity index (χ1) is 0. The van der Waals surface area contributed by atoms with Crippen LogP contribution in [-0.4, -0.2) is 27.4 Å². The number of hydrogen-bond donors (Lipinski definition) is 0. The van der Waals surface area contributed by atoms with Crippen molar-refractivity contribution in [1.82, 2.24) is 0 Å². The second-order valence-electron chi connectivity index (χ2n) is 0. The van der Waals surface area contributed by atoms with Crippen molar-refractivity contribution in [3.05, 3.63) is 0 Å². The minimum atomic E-state index is 0. The van der Waals surface area contributed by atoms with Crippen molar-refractivity contribution in [3.8, 4) is 0 Å². The van der Waals surface area contributed by atoms with Crippen molar-refractivity contribution in [3.63, 3.8) is 0 Å². The van der Waals surface area contributed by atoms with E-state index in [0.29, 0.717) is 0 Å². The second kappa shape index (κ2) is 391. The van der Waals surface area contributed by atoms with E-state index < -0.39 is 0 Å². The average molecular weight is 271 g/mol. The summed E-state index contributed by atoms with van der Waals surface area (Å²) in [6, 6.07) is 0. The van der Waals surface area contributed by atoms with Gasteiger partial charge >= 0.3 is 0 Å². The van der Waals surface area contributed by atoms with Gasteiger partial charge in [-0.05, 0) is 0 Å². The van der Waals surface area contributed by atoms with E-state index >= 15 is 0 Å². The third-order valence-electron chi connectivity index (χ3n) is 0. The van der Waals surface area contributed by atoms with Crippen LogP contribution >= 0.6 is 0 Å². The summed E-state index contributed by atoms with van der Waals surface area (Å²) in [6.07, 6.45) is 0. The Labute approximate surface area is 50.4 Å². The predicted molar refractivity (Wildman–Crippen MR) is 18.1 cm³/mol. The zero-order chi connectivity index (χ0) is 0. The maximum atomic E-state index is 0. The molecule has 0 aliphatic rings. The van der Waals surface area contributed by atoms with Crippen molar-refractivity contribution in [2.24, 2.45) is 0 Å². The van der Waals surface area contributed by atoms with Gasteiger partial charge in [0.1, 0.15) is 0 Å². The van der Waals surface area contributed by atoms with Gasteiger partial charge in [0.25, 0.3) is 0 Å². The first kappa shape index (κ1) is 688. The molecule has 5 nitrogen and oxygen atoms in total. The van der Waals surface area contributed by atoms with E-state index in [2.05, 4.69) is 0 Å². The summed E-state index contributed by atoms with van der Waals surface area (Å²) in [7, 11) is 0. The standard InChI is InChI=1S/5H2O.Ta/h5*1H2;. The molecule has 0 amide bonds. The summed E-state index contributed by atoms with van der Waals surface area (Å²) in [6.45, 7) is 0. The molecule has 0 aliphatic carbocycles. The fraction of sp³-hybridized carbons (Fsp3) is 0. The molecule has 6 heteroatoms. The molecular formula is H10O5Ta. The van der Waals surface area contributed by atoms with E-state index in [1.165, 1.54) is 0 Å². The molecule has 45 valence electrons. The van der Waals surface area contributed by atoms with Crippen molar-refractivity contribution < 1.29 is 49.8 Å². The molecule has 6 heavy (non-hydrogen) atoms. The van der Waals surface area contributed by atoms with Crippen LogP contribution in [0.15, 0.2) is 0 Å². The number of hydrogen-bond acceptors (Lipinski definition) is 0. The summed E-state index contributed by atoms with van der Waals surface area (Å²) in [4.78, 5) is 0. The summed E-state index contributed by atoms with van der Waals surface area (Å²) in [5.41, 5.74) is 0. The molecule has 0 heterocycles. The van der Waals surface area contributed by atoms with Gasteiger partial charge in [-0.15, -0.1) is 0 Å². The Balaban J connectivity index is 0. The molecule has 0 aromatic rings. The fourth-order valence-electron chi connectivity index (χ4n) is 0. The van der Waals surface area contributed by atoms with Crippen molar-refractivity contribution in [2.45, 2.75) is 0 Å². The zero-order valence-corrected chi connectivity index (χ0v) is 6.16. The van der Waals surface area contributed by atoms with Crippen LogP contribution in [0, 0.1) is 0 Å². The topological polar surface area (TPSA) is 158 Å². The molecule has 0 aliphatic heterocycles. The molecule has 0 atom stereocenters. The van der Waals surface area contributed by atoms with Gasteiger partial charge in [-0.2, -0.15) is 0 Å². The molecule has 0 aromatic carbocycles. The van der Waals surface area contributed by atoms with Crippen LogP contribution in [0.25, 0.3) is 0 Å². The van der Waals surface area contributed by atoms with E-state index in [9.17, 15) is 0 Å². The molecule has 0 saturated heterocycles. The molecule has 0 unspecified atom stereocenters. The van der Waals surface area contributed by atoms with Crippen molar-refractivity contribution in [2.75, 3.05) is 0 Å². The van der Waals surface area contributed by atoms with Gasteiger partial charge in [-0.25, -0.2) is 0 Å². The Morgan fingerprint density at radius 1 is 0.333 bits per heavy atom. The van der Waals surface area contributed by atoms with Gasteiger partial charge in [0.2, 0.25) is 0 Å². The zero-order valence-electron chi connectivity index (χ0n) is 2.95. The fourth-order valence-corrected chi connectivity index (χ4v) is 0. The van der Waals surface area contributed by atoms with Gasteiger partial charge < -0.3 is 27.4 Å². The molecule has 0 saturated carbocycles. The normalized spacial score (nSPS) is 0. The first-order valence-corrected chi connectivity index (χ1v) is 0. The summed E-state index contributed by atoms with van der Waals surface area (Å²) in [5.74, 6) is 0. The Hall–Kier alpha value is 0.540. The smallest absolute Gasteiger partial charge is 0 e. The summed E-state index contributed by atoms with van der Waals surface area (Å²) >= 11 is 0. The van der Waals surface area contributed by atoms with Gasteiger partial charge in [-0.1, -0.05) is 0 Å². The summed E-state index contributed by atoms with van der Waals surface area (Å²) in [5, 5.41) is 0. The van der Waals surface area contributed by atoms with Crippen LogP contribution in [0.5, 0.6) is 0 Å². The molecule has 0 aromatic heterocycles.